The van der Waals surface area contributed by atoms with Crippen molar-refractivity contribution in [2.24, 2.45) is 17.1 Å². The van der Waals surface area contributed by atoms with Crippen LogP contribution in [0.5, 0.6) is 0 Å². The quantitative estimate of drug-likeness (QED) is 0.614. The summed E-state index contributed by atoms with van der Waals surface area (Å²) in [7, 11) is 2.22. The van der Waals surface area contributed by atoms with Gasteiger partial charge in [-0.3, -0.25) is 0 Å². The third-order valence-corrected chi connectivity index (χ3v) is 4.18. The Balaban J connectivity index is 2.04. The molecule has 0 unspecified atom stereocenters. The molecule has 0 aromatic heterocycles. The summed E-state index contributed by atoms with van der Waals surface area (Å²) in [5.74, 6) is 0.860. The van der Waals surface area contributed by atoms with Gasteiger partial charge < -0.3 is 10.6 Å². The molecule has 2 aliphatic rings. The van der Waals surface area contributed by atoms with E-state index in [0.717, 1.165) is 5.92 Å². The van der Waals surface area contributed by atoms with Crippen LogP contribution in [0.15, 0.2) is 0 Å². The normalized spacial score (nSPS) is 39.9. The molecule has 2 rings (SSSR count). The molecule has 0 aromatic carbocycles. The van der Waals surface area contributed by atoms with Crippen LogP contribution in [0.3, 0.4) is 0 Å². The lowest BCUT2D eigenvalue weighted by Crippen LogP contribution is -2.45. The van der Waals surface area contributed by atoms with E-state index in [9.17, 15) is 0 Å². The predicted molar refractivity (Wildman–Crippen MR) is 55.5 cm³/mol. The molecule has 2 heteroatoms. The highest BCUT2D eigenvalue weighted by Gasteiger charge is 2.44. The molecule has 2 N–H and O–H groups in total. The first kappa shape index (κ1) is 9.47. The van der Waals surface area contributed by atoms with Gasteiger partial charge in [0.25, 0.3) is 0 Å². The zero-order chi connectivity index (χ0) is 9.47. The smallest absolute Gasteiger partial charge is 0.00991 e. The number of likely N-dealkylation sites (tertiary alicyclic amines) is 1. The first-order valence-corrected chi connectivity index (χ1v) is 5.56. The second kappa shape index (κ2) is 3.25. The molecule has 0 amide bonds. The molecule has 1 saturated heterocycles. The van der Waals surface area contributed by atoms with Gasteiger partial charge in [-0.1, -0.05) is 6.92 Å². The molecule has 1 aliphatic heterocycles. The van der Waals surface area contributed by atoms with Crippen LogP contribution in [0.4, 0.5) is 0 Å². The Hall–Kier alpha value is -0.0800. The molecule has 0 radical (unpaired) electrons. The van der Waals surface area contributed by atoms with Gasteiger partial charge in [0.2, 0.25) is 0 Å². The third-order valence-electron chi connectivity index (χ3n) is 4.18. The molecule has 76 valence electrons. The molecule has 1 spiro atoms. The van der Waals surface area contributed by atoms with Gasteiger partial charge in [-0.25, -0.2) is 0 Å². The molecule has 1 saturated carbocycles. The SMILES string of the molecule is C[C@H]1C[C@@H](N)C2(CCN(C)CC2)C1. The van der Waals surface area contributed by atoms with Gasteiger partial charge in [0, 0.05) is 6.04 Å². The molecular weight excluding hydrogens is 160 g/mol. The highest BCUT2D eigenvalue weighted by atomic mass is 15.1. The second-order valence-corrected chi connectivity index (χ2v) is 5.32. The lowest BCUT2D eigenvalue weighted by molar-refractivity contribution is 0.109. The minimum atomic E-state index is 0.483. The van der Waals surface area contributed by atoms with Gasteiger partial charge >= 0.3 is 0 Å². The molecule has 2 nitrogen and oxygen atoms in total. The van der Waals surface area contributed by atoms with E-state index in [4.69, 9.17) is 5.73 Å². The summed E-state index contributed by atoms with van der Waals surface area (Å²) >= 11 is 0. The largest absolute Gasteiger partial charge is 0.327 e. The first-order valence-electron chi connectivity index (χ1n) is 5.56. The van der Waals surface area contributed by atoms with E-state index < -0.39 is 0 Å². The molecule has 13 heavy (non-hydrogen) atoms. The number of rotatable bonds is 0. The monoisotopic (exact) mass is 182 g/mol. The maximum Gasteiger partial charge on any atom is 0.00991 e. The van der Waals surface area contributed by atoms with Crippen molar-refractivity contribution in [3.8, 4) is 0 Å². The van der Waals surface area contributed by atoms with E-state index in [2.05, 4.69) is 18.9 Å². The number of nitrogens with zero attached hydrogens (tertiary/aromatic N) is 1. The van der Waals surface area contributed by atoms with Crippen LogP contribution >= 0.6 is 0 Å². The van der Waals surface area contributed by atoms with Crippen molar-refractivity contribution in [2.45, 2.75) is 38.6 Å². The predicted octanol–water partition coefficient (Wildman–Crippen LogP) is 1.46. The number of nitrogens with two attached hydrogens (primary N) is 1. The minimum absolute atomic E-state index is 0.483. The number of piperidine rings is 1. The third kappa shape index (κ3) is 1.62. The van der Waals surface area contributed by atoms with Crippen molar-refractivity contribution in [1.29, 1.82) is 0 Å². The Bertz CT molecular complexity index is 183. The van der Waals surface area contributed by atoms with Crippen LogP contribution < -0.4 is 5.73 Å². The molecule has 0 bridgehead atoms. The van der Waals surface area contributed by atoms with Gasteiger partial charge in [0.05, 0.1) is 0 Å². The topological polar surface area (TPSA) is 29.3 Å². The number of hydrogen-bond donors (Lipinski definition) is 1. The molecule has 2 fully saturated rings. The summed E-state index contributed by atoms with van der Waals surface area (Å²) < 4.78 is 0. The van der Waals surface area contributed by atoms with Gasteiger partial charge in [0.15, 0.2) is 0 Å². The van der Waals surface area contributed by atoms with Gasteiger partial charge in [0.1, 0.15) is 0 Å². The van der Waals surface area contributed by atoms with Crippen molar-refractivity contribution < 1.29 is 0 Å². The Morgan fingerprint density at radius 3 is 2.38 bits per heavy atom. The minimum Gasteiger partial charge on any atom is -0.327 e. The van der Waals surface area contributed by atoms with E-state index in [1.165, 1.54) is 38.8 Å². The van der Waals surface area contributed by atoms with Crippen molar-refractivity contribution in [2.75, 3.05) is 20.1 Å². The average Bonchev–Trinajstić information content (AvgIpc) is 2.34. The van der Waals surface area contributed by atoms with Crippen molar-refractivity contribution in [1.82, 2.24) is 4.90 Å². The Labute approximate surface area is 81.5 Å². The van der Waals surface area contributed by atoms with Crippen LogP contribution in [0.25, 0.3) is 0 Å². The van der Waals surface area contributed by atoms with Crippen LogP contribution in [-0.2, 0) is 0 Å². The summed E-state index contributed by atoms with van der Waals surface area (Å²) in [6.45, 7) is 4.85. The Morgan fingerprint density at radius 1 is 1.31 bits per heavy atom. The van der Waals surface area contributed by atoms with Gasteiger partial charge in [-0.2, -0.15) is 0 Å². The highest BCUT2D eigenvalue weighted by Crippen LogP contribution is 2.47. The second-order valence-electron chi connectivity index (χ2n) is 5.32. The van der Waals surface area contributed by atoms with Crippen LogP contribution in [0.1, 0.15) is 32.6 Å². The fourth-order valence-electron chi connectivity index (χ4n) is 3.25. The summed E-state index contributed by atoms with van der Waals surface area (Å²) in [6.07, 6.45) is 5.29. The van der Waals surface area contributed by atoms with Crippen LogP contribution in [0.2, 0.25) is 0 Å². The van der Waals surface area contributed by atoms with E-state index in [-0.39, 0.29) is 0 Å². The van der Waals surface area contributed by atoms with Gasteiger partial charge in [-0.05, 0) is 57.2 Å². The molecule has 2 atom stereocenters. The first-order chi connectivity index (χ1) is 6.12. The fourth-order valence-corrected chi connectivity index (χ4v) is 3.25. The lowest BCUT2D eigenvalue weighted by Gasteiger charge is -2.41. The van der Waals surface area contributed by atoms with Crippen molar-refractivity contribution >= 4 is 0 Å². The Morgan fingerprint density at radius 2 is 1.92 bits per heavy atom. The zero-order valence-electron chi connectivity index (χ0n) is 8.92. The molecule has 1 heterocycles. The maximum absolute atomic E-state index is 6.26. The van der Waals surface area contributed by atoms with Crippen molar-refractivity contribution in [3.63, 3.8) is 0 Å². The molecule has 1 aliphatic carbocycles. The maximum atomic E-state index is 6.26. The van der Waals surface area contributed by atoms with Crippen molar-refractivity contribution in [3.05, 3.63) is 0 Å². The van der Waals surface area contributed by atoms with E-state index in [1.54, 1.807) is 0 Å². The average molecular weight is 182 g/mol. The lowest BCUT2D eigenvalue weighted by atomic mass is 9.74. The Kier molecular flexibility index (Phi) is 2.37. The summed E-state index contributed by atoms with van der Waals surface area (Å²) in [4.78, 5) is 2.43. The van der Waals surface area contributed by atoms with E-state index >= 15 is 0 Å². The van der Waals surface area contributed by atoms with E-state index in [1.807, 2.05) is 0 Å². The number of hydrogen-bond acceptors (Lipinski definition) is 2. The van der Waals surface area contributed by atoms with Crippen LogP contribution in [-0.4, -0.2) is 31.1 Å². The van der Waals surface area contributed by atoms with E-state index in [0.29, 0.717) is 11.5 Å². The summed E-state index contributed by atoms with van der Waals surface area (Å²) in [6, 6.07) is 0.483. The zero-order valence-corrected chi connectivity index (χ0v) is 8.92. The highest BCUT2D eigenvalue weighted by molar-refractivity contribution is 4.99. The standard InChI is InChI=1S/C11H22N2/c1-9-7-10(12)11(8-9)3-5-13(2)6-4-11/h9-10H,3-8,12H2,1-2H3/t9-,10+/m0/s1. The fraction of sp³-hybridized carbons (Fsp3) is 1.00. The molecule has 0 aromatic rings. The summed E-state index contributed by atoms with van der Waals surface area (Å²) in [5.41, 5.74) is 6.78. The van der Waals surface area contributed by atoms with Crippen LogP contribution in [0, 0.1) is 11.3 Å². The molecular formula is C11H22N2. The summed E-state index contributed by atoms with van der Waals surface area (Å²) in [5, 5.41) is 0. The van der Waals surface area contributed by atoms with Gasteiger partial charge in [-0.15, -0.1) is 0 Å².